The second-order valence-electron chi connectivity index (χ2n) is 7.84. The predicted octanol–water partition coefficient (Wildman–Crippen LogP) is 3.84. The van der Waals surface area contributed by atoms with E-state index in [0.717, 1.165) is 47.7 Å². The quantitative estimate of drug-likeness (QED) is 0.620. The molecule has 1 fully saturated rings. The molecule has 7 nitrogen and oxygen atoms in total. The zero-order valence-electron chi connectivity index (χ0n) is 17.8. The third-order valence-electron chi connectivity index (χ3n) is 5.63. The van der Waals surface area contributed by atoms with Crippen LogP contribution in [0.1, 0.15) is 53.9 Å². The molecule has 7 heteroatoms. The van der Waals surface area contributed by atoms with Crippen molar-refractivity contribution in [1.29, 1.82) is 0 Å². The van der Waals surface area contributed by atoms with E-state index >= 15 is 0 Å². The largest absolute Gasteiger partial charge is 0.496 e. The Morgan fingerprint density at radius 2 is 2.10 bits per heavy atom. The number of piperidine rings is 1. The lowest BCUT2D eigenvalue weighted by Gasteiger charge is -2.33. The minimum atomic E-state index is -0.130. The molecule has 0 N–H and O–H groups in total. The van der Waals surface area contributed by atoms with E-state index in [1.54, 1.807) is 18.0 Å². The van der Waals surface area contributed by atoms with Crippen LogP contribution in [0.5, 0.6) is 5.75 Å². The van der Waals surface area contributed by atoms with Gasteiger partial charge in [0.05, 0.1) is 19.0 Å². The highest BCUT2D eigenvalue weighted by molar-refractivity contribution is 5.76. The summed E-state index contributed by atoms with van der Waals surface area (Å²) in [5.41, 5.74) is 2.96. The summed E-state index contributed by atoms with van der Waals surface area (Å²) in [6.07, 6.45) is 5.27. The fraction of sp³-hybridized carbons (Fsp3) is 0.435. The van der Waals surface area contributed by atoms with Crippen molar-refractivity contribution < 1.29 is 13.9 Å². The molecule has 0 unspecified atom stereocenters. The molecule has 1 saturated heterocycles. The van der Waals surface area contributed by atoms with Crippen LogP contribution in [0, 0.1) is 13.8 Å². The van der Waals surface area contributed by atoms with Crippen molar-refractivity contribution in [2.24, 2.45) is 0 Å². The van der Waals surface area contributed by atoms with Crippen molar-refractivity contribution >= 4 is 5.91 Å². The van der Waals surface area contributed by atoms with E-state index in [9.17, 15) is 4.79 Å². The molecule has 0 spiro atoms. The number of rotatable bonds is 6. The zero-order chi connectivity index (χ0) is 21.1. The molecule has 3 heterocycles. The second-order valence-corrected chi connectivity index (χ2v) is 7.84. The fourth-order valence-corrected chi connectivity index (χ4v) is 4.14. The van der Waals surface area contributed by atoms with Crippen LogP contribution in [0.15, 0.2) is 40.9 Å². The molecule has 1 aromatic carbocycles. The normalized spacial score (nSPS) is 16.6. The van der Waals surface area contributed by atoms with Gasteiger partial charge in [-0.1, -0.05) is 18.2 Å². The maximum Gasteiger partial charge on any atom is 0.244 e. The molecule has 3 aromatic rings. The number of hydrogen-bond acceptors (Lipinski definition) is 5. The molecule has 0 aliphatic carbocycles. The van der Waals surface area contributed by atoms with Gasteiger partial charge in [0.15, 0.2) is 0 Å². The number of para-hydroxylation sites is 1. The van der Waals surface area contributed by atoms with E-state index in [4.69, 9.17) is 9.15 Å². The topological polar surface area (TPSA) is 73.4 Å². The van der Waals surface area contributed by atoms with Crippen molar-refractivity contribution in [3.63, 3.8) is 0 Å². The van der Waals surface area contributed by atoms with Crippen LogP contribution in [0.2, 0.25) is 0 Å². The Morgan fingerprint density at radius 3 is 2.87 bits per heavy atom. The molecule has 0 bridgehead atoms. The number of aromatic nitrogens is 3. The van der Waals surface area contributed by atoms with Gasteiger partial charge in [-0.05, 0) is 45.2 Å². The molecule has 158 valence electrons. The van der Waals surface area contributed by atoms with Gasteiger partial charge >= 0.3 is 0 Å². The lowest BCUT2D eigenvalue weighted by atomic mass is 10.0. The number of ether oxygens (including phenoxy) is 1. The van der Waals surface area contributed by atoms with E-state index in [1.165, 1.54) is 0 Å². The van der Waals surface area contributed by atoms with E-state index < -0.39 is 0 Å². The standard InChI is InChI=1S/C23H28N4O3/c1-16-12-17(2)27(25-16)15-22(28)26-11-7-6-9-20(26)23-24-14-19(30-23)13-18-8-4-5-10-21(18)29-3/h4-5,8,10,12,14,20H,6-7,9,11,13,15H2,1-3H3/t20-/m1/s1. The first-order valence-electron chi connectivity index (χ1n) is 10.4. The number of likely N-dealkylation sites (tertiary alicyclic amines) is 1. The summed E-state index contributed by atoms with van der Waals surface area (Å²) in [6, 6.07) is 9.74. The molecule has 30 heavy (non-hydrogen) atoms. The number of oxazole rings is 1. The maximum absolute atomic E-state index is 13.1. The zero-order valence-corrected chi connectivity index (χ0v) is 17.8. The number of hydrogen-bond donors (Lipinski definition) is 0. The molecule has 2 aromatic heterocycles. The highest BCUT2D eigenvalue weighted by atomic mass is 16.5. The molecule has 0 radical (unpaired) electrons. The predicted molar refractivity (Wildman–Crippen MR) is 112 cm³/mol. The third kappa shape index (κ3) is 4.25. The Balaban J connectivity index is 1.50. The van der Waals surface area contributed by atoms with Gasteiger partial charge in [0.2, 0.25) is 11.8 Å². The van der Waals surface area contributed by atoms with Gasteiger partial charge in [-0.2, -0.15) is 5.10 Å². The summed E-state index contributed by atoms with van der Waals surface area (Å²) in [5.74, 6) is 2.26. The lowest BCUT2D eigenvalue weighted by Crippen LogP contribution is -2.40. The van der Waals surface area contributed by atoms with Gasteiger partial charge in [-0.15, -0.1) is 0 Å². The highest BCUT2D eigenvalue weighted by Gasteiger charge is 2.31. The SMILES string of the molecule is COc1ccccc1Cc1cnc([C@H]2CCCCN2C(=O)Cn2nc(C)cc2C)o1. The van der Waals surface area contributed by atoms with Crippen LogP contribution in [-0.2, 0) is 17.8 Å². The minimum Gasteiger partial charge on any atom is -0.496 e. The van der Waals surface area contributed by atoms with Gasteiger partial charge in [-0.3, -0.25) is 9.48 Å². The van der Waals surface area contributed by atoms with E-state index in [1.807, 2.05) is 49.1 Å². The average Bonchev–Trinajstić information content (AvgIpc) is 3.34. The highest BCUT2D eigenvalue weighted by Crippen LogP contribution is 2.32. The van der Waals surface area contributed by atoms with Crippen molar-refractivity contribution in [2.75, 3.05) is 13.7 Å². The number of nitrogens with zero attached hydrogens (tertiary/aromatic N) is 4. The van der Waals surface area contributed by atoms with Crippen LogP contribution in [0.4, 0.5) is 0 Å². The van der Waals surface area contributed by atoms with Crippen molar-refractivity contribution in [2.45, 2.75) is 52.1 Å². The molecular weight excluding hydrogens is 380 g/mol. The van der Waals surface area contributed by atoms with Gasteiger partial charge in [0.1, 0.15) is 24.1 Å². The molecule has 1 atom stereocenters. The summed E-state index contributed by atoms with van der Waals surface area (Å²) in [5, 5.41) is 4.43. The van der Waals surface area contributed by atoms with Gasteiger partial charge in [0.25, 0.3) is 0 Å². The smallest absolute Gasteiger partial charge is 0.244 e. The van der Waals surface area contributed by atoms with Crippen LogP contribution < -0.4 is 4.74 Å². The van der Waals surface area contributed by atoms with Crippen LogP contribution in [-0.4, -0.2) is 39.2 Å². The van der Waals surface area contributed by atoms with Crippen LogP contribution in [0.3, 0.4) is 0 Å². The molecule has 0 saturated carbocycles. The van der Waals surface area contributed by atoms with Crippen LogP contribution in [0.25, 0.3) is 0 Å². The van der Waals surface area contributed by atoms with Crippen molar-refractivity contribution in [3.8, 4) is 5.75 Å². The first-order valence-corrected chi connectivity index (χ1v) is 10.4. The molecule has 1 aliphatic heterocycles. The summed E-state index contributed by atoms with van der Waals surface area (Å²) < 4.78 is 13.3. The molecule has 4 rings (SSSR count). The van der Waals surface area contributed by atoms with Gasteiger partial charge < -0.3 is 14.1 Å². The average molecular weight is 409 g/mol. The van der Waals surface area contributed by atoms with Gasteiger partial charge in [0, 0.05) is 24.2 Å². The number of aryl methyl sites for hydroxylation is 2. The van der Waals surface area contributed by atoms with E-state index in [0.29, 0.717) is 18.9 Å². The lowest BCUT2D eigenvalue weighted by molar-refractivity contribution is -0.136. The monoisotopic (exact) mass is 408 g/mol. The summed E-state index contributed by atoms with van der Waals surface area (Å²) in [4.78, 5) is 19.5. The third-order valence-corrected chi connectivity index (χ3v) is 5.63. The Hall–Kier alpha value is -3.09. The van der Waals surface area contributed by atoms with E-state index in [2.05, 4.69) is 10.1 Å². The molecule has 1 aliphatic rings. The van der Waals surface area contributed by atoms with Crippen molar-refractivity contribution in [3.05, 3.63) is 65.1 Å². The Kier molecular flexibility index (Phi) is 5.88. The minimum absolute atomic E-state index is 0.0513. The van der Waals surface area contributed by atoms with Crippen molar-refractivity contribution in [1.82, 2.24) is 19.7 Å². The fourth-order valence-electron chi connectivity index (χ4n) is 4.14. The number of carbonyl (C=O) groups is 1. The molecule has 1 amide bonds. The Morgan fingerprint density at radius 1 is 1.27 bits per heavy atom. The van der Waals surface area contributed by atoms with E-state index in [-0.39, 0.29) is 18.5 Å². The van der Waals surface area contributed by atoms with Crippen LogP contribution >= 0.6 is 0 Å². The summed E-state index contributed by atoms with van der Waals surface area (Å²) >= 11 is 0. The Labute approximate surface area is 176 Å². The number of carbonyl (C=O) groups excluding carboxylic acids is 1. The maximum atomic E-state index is 13.1. The second kappa shape index (κ2) is 8.73. The summed E-state index contributed by atoms with van der Waals surface area (Å²) in [6.45, 7) is 4.87. The van der Waals surface area contributed by atoms with Gasteiger partial charge in [-0.25, -0.2) is 4.98 Å². The first kappa shape index (κ1) is 20.2. The Bertz CT molecular complexity index is 1020. The number of methoxy groups -OCH3 is 1. The number of benzene rings is 1. The molecular formula is C23H28N4O3. The number of amides is 1. The summed E-state index contributed by atoms with van der Waals surface area (Å²) in [7, 11) is 1.67. The first-order chi connectivity index (χ1) is 14.5.